The lowest BCUT2D eigenvalue weighted by Gasteiger charge is -2.07. The molecule has 6 N–H and O–H groups in total. The highest BCUT2D eigenvalue weighted by Gasteiger charge is 2.41. The molecule has 4 nitrogen and oxygen atoms in total. The highest BCUT2D eigenvalue weighted by atomic mass is 14.9. The fourth-order valence-electron chi connectivity index (χ4n) is 1.23. The summed E-state index contributed by atoms with van der Waals surface area (Å²) in [6.45, 7) is 0.546. The first-order valence-corrected chi connectivity index (χ1v) is 4.77. The van der Waals surface area contributed by atoms with Crippen LogP contribution < -0.4 is 17.2 Å². The van der Waals surface area contributed by atoms with Crippen molar-refractivity contribution in [2.45, 2.75) is 24.9 Å². The molecule has 0 spiro atoms. The molecule has 14 heavy (non-hydrogen) atoms. The third kappa shape index (κ3) is 2.29. The van der Waals surface area contributed by atoms with Crippen molar-refractivity contribution < 1.29 is 0 Å². The Labute approximate surface area is 84.5 Å². The summed E-state index contributed by atoms with van der Waals surface area (Å²) in [6.07, 6.45) is 3.92. The Morgan fingerprint density at radius 3 is 2.36 bits per heavy atom. The minimum Gasteiger partial charge on any atom is -0.333 e. The summed E-state index contributed by atoms with van der Waals surface area (Å²) in [5.41, 5.74) is 17.9. The molecule has 0 aromatic carbocycles. The second kappa shape index (κ2) is 4.50. The summed E-state index contributed by atoms with van der Waals surface area (Å²) in [5, 5.41) is 0. The first-order chi connectivity index (χ1) is 6.74. The van der Waals surface area contributed by atoms with E-state index >= 15 is 0 Å². The van der Waals surface area contributed by atoms with Crippen LogP contribution in [0.3, 0.4) is 0 Å². The zero-order valence-corrected chi connectivity index (χ0v) is 8.53. The molecule has 1 aromatic rings. The van der Waals surface area contributed by atoms with Crippen molar-refractivity contribution in [3.8, 4) is 0 Å². The molecule has 0 saturated heterocycles. The summed E-state index contributed by atoms with van der Waals surface area (Å²) < 4.78 is 0. The highest BCUT2D eigenvalue weighted by Crippen LogP contribution is 2.41. The molecule has 1 saturated carbocycles. The van der Waals surface area contributed by atoms with Gasteiger partial charge in [-0.05, 0) is 31.5 Å². The Bertz CT molecular complexity index is 277. The molecule has 0 atom stereocenters. The first-order valence-electron chi connectivity index (χ1n) is 4.77. The van der Waals surface area contributed by atoms with Gasteiger partial charge in [0.05, 0.1) is 11.2 Å². The Kier molecular flexibility index (Phi) is 3.57. The predicted molar refractivity (Wildman–Crippen MR) is 57.3 cm³/mol. The average molecular weight is 194 g/mol. The summed E-state index contributed by atoms with van der Waals surface area (Å²) in [6, 6.07) is 3.98. The quantitative estimate of drug-likeness (QED) is 0.621. The monoisotopic (exact) mass is 194 g/mol. The van der Waals surface area contributed by atoms with Gasteiger partial charge in [-0.2, -0.15) is 0 Å². The number of nitrogens with two attached hydrogens (primary N) is 3. The zero-order valence-electron chi connectivity index (χ0n) is 8.53. The van der Waals surface area contributed by atoms with Crippen LogP contribution in [0.25, 0.3) is 0 Å². The lowest BCUT2D eigenvalue weighted by molar-refractivity contribution is 0.706. The van der Waals surface area contributed by atoms with Gasteiger partial charge in [0.1, 0.15) is 0 Å². The second-order valence-corrected chi connectivity index (χ2v) is 3.41. The third-order valence-corrected chi connectivity index (χ3v) is 2.36. The van der Waals surface area contributed by atoms with E-state index in [9.17, 15) is 0 Å². The third-order valence-electron chi connectivity index (χ3n) is 2.36. The molecule has 1 fully saturated rings. The van der Waals surface area contributed by atoms with Crippen molar-refractivity contribution in [3.05, 3.63) is 29.6 Å². The SMILES string of the molecule is CN.NCc1ccc(C2(N)CC2)nc1. The van der Waals surface area contributed by atoms with E-state index in [1.54, 1.807) is 0 Å². The molecule has 0 aliphatic heterocycles. The number of rotatable bonds is 2. The van der Waals surface area contributed by atoms with Crippen LogP contribution in [-0.4, -0.2) is 12.0 Å². The molecule has 1 heterocycles. The summed E-state index contributed by atoms with van der Waals surface area (Å²) in [4.78, 5) is 4.28. The maximum absolute atomic E-state index is 5.97. The fourth-order valence-corrected chi connectivity index (χ4v) is 1.23. The van der Waals surface area contributed by atoms with Crippen molar-refractivity contribution in [3.63, 3.8) is 0 Å². The van der Waals surface area contributed by atoms with Gasteiger partial charge in [0.2, 0.25) is 0 Å². The summed E-state index contributed by atoms with van der Waals surface area (Å²) in [5.74, 6) is 0. The molecule has 4 heteroatoms. The molecule has 1 aliphatic rings. The number of nitrogens with zero attached hydrogens (tertiary/aromatic N) is 1. The van der Waals surface area contributed by atoms with Gasteiger partial charge in [-0.1, -0.05) is 6.07 Å². The van der Waals surface area contributed by atoms with Gasteiger partial charge in [0, 0.05) is 12.7 Å². The largest absolute Gasteiger partial charge is 0.333 e. The number of hydrogen-bond acceptors (Lipinski definition) is 4. The molecule has 0 bridgehead atoms. The van der Waals surface area contributed by atoms with E-state index in [1.165, 1.54) is 7.05 Å². The molecular weight excluding hydrogens is 176 g/mol. The lowest BCUT2D eigenvalue weighted by Crippen LogP contribution is -2.20. The topological polar surface area (TPSA) is 91.0 Å². The first kappa shape index (κ1) is 11.1. The Hall–Kier alpha value is -0.970. The Balaban J connectivity index is 0.000000461. The van der Waals surface area contributed by atoms with Crippen molar-refractivity contribution in [1.82, 2.24) is 4.98 Å². The molecular formula is C10H18N4. The molecule has 1 aromatic heterocycles. The minimum absolute atomic E-state index is 0.118. The molecule has 0 amide bonds. The second-order valence-electron chi connectivity index (χ2n) is 3.41. The molecule has 2 rings (SSSR count). The summed E-state index contributed by atoms with van der Waals surface area (Å²) in [7, 11) is 1.50. The standard InChI is InChI=1S/C9H13N3.CH5N/c10-5-7-1-2-8(12-6-7)9(11)3-4-9;1-2/h1-2,6H,3-5,10-11H2;2H2,1H3. The number of pyridine rings is 1. The van der Waals surface area contributed by atoms with Crippen LogP contribution in [-0.2, 0) is 12.1 Å². The Morgan fingerprint density at radius 1 is 1.36 bits per heavy atom. The van der Waals surface area contributed by atoms with Crippen LogP contribution in [0.2, 0.25) is 0 Å². The fraction of sp³-hybridized carbons (Fsp3) is 0.500. The smallest absolute Gasteiger partial charge is 0.0602 e. The molecule has 0 radical (unpaired) electrons. The number of aromatic nitrogens is 1. The number of hydrogen-bond donors (Lipinski definition) is 3. The molecule has 78 valence electrons. The van der Waals surface area contributed by atoms with Gasteiger partial charge in [0.15, 0.2) is 0 Å². The normalized spacial score (nSPS) is 16.9. The molecule has 1 aliphatic carbocycles. The van der Waals surface area contributed by atoms with E-state index in [4.69, 9.17) is 11.5 Å². The van der Waals surface area contributed by atoms with E-state index < -0.39 is 0 Å². The van der Waals surface area contributed by atoms with E-state index in [-0.39, 0.29) is 5.54 Å². The lowest BCUT2D eigenvalue weighted by atomic mass is 10.1. The molecule has 0 unspecified atom stereocenters. The van der Waals surface area contributed by atoms with Crippen molar-refractivity contribution in [1.29, 1.82) is 0 Å². The highest BCUT2D eigenvalue weighted by molar-refractivity contribution is 5.24. The van der Waals surface area contributed by atoms with E-state index in [0.29, 0.717) is 6.54 Å². The van der Waals surface area contributed by atoms with Crippen LogP contribution in [0, 0.1) is 0 Å². The average Bonchev–Trinajstić information content (AvgIpc) is 3.01. The van der Waals surface area contributed by atoms with Crippen molar-refractivity contribution >= 4 is 0 Å². The van der Waals surface area contributed by atoms with Crippen LogP contribution in [0.15, 0.2) is 18.3 Å². The van der Waals surface area contributed by atoms with Gasteiger partial charge in [-0.25, -0.2) is 0 Å². The van der Waals surface area contributed by atoms with Crippen LogP contribution >= 0.6 is 0 Å². The van der Waals surface area contributed by atoms with Gasteiger partial charge >= 0.3 is 0 Å². The summed E-state index contributed by atoms with van der Waals surface area (Å²) >= 11 is 0. The van der Waals surface area contributed by atoms with Gasteiger partial charge in [-0.3, -0.25) is 4.98 Å². The van der Waals surface area contributed by atoms with Crippen molar-refractivity contribution in [2.24, 2.45) is 17.2 Å². The van der Waals surface area contributed by atoms with Gasteiger partial charge < -0.3 is 17.2 Å². The maximum atomic E-state index is 5.97. The minimum atomic E-state index is -0.118. The van der Waals surface area contributed by atoms with E-state index in [2.05, 4.69) is 10.7 Å². The van der Waals surface area contributed by atoms with Gasteiger partial charge in [0.25, 0.3) is 0 Å². The van der Waals surface area contributed by atoms with Crippen molar-refractivity contribution in [2.75, 3.05) is 7.05 Å². The zero-order chi connectivity index (χ0) is 10.6. The predicted octanol–water partition coefficient (Wildman–Crippen LogP) is 0.0630. The van der Waals surface area contributed by atoms with E-state index in [0.717, 1.165) is 24.1 Å². The maximum Gasteiger partial charge on any atom is 0.0602 e. The van der Waals surface area contributed by atoms with Gasteiger partial charge in [-0.15, -0.1) is 0 Å². The Morgan fingerprint density at radius 2 is 2.00 bits per heavy atom. The van der Waals surface area contributed by atoms with Crippen LogP contribution in [0.5, 0.6) is 0 Å². The van der Waals surface area contributed by atoms with Crippen LogP contribution in [0.1, 0.15) is 24.1 Å². The van der Waals surface area contributed by atoms with Crippen LogP contribution in [0.4, 0.5) is 0 Å². The van der Waals surface area contributed by atoms with E-state index in [1.807, 2.05) is 18.3 Å².